The number of hydrogen-bond donors (Lipinski definition) is 1. The van der Waals surface area contributed by atoms with Crippen LogP contribution in [0.25, 0.3) is 0 Å². The number of hydrogen-bond acceptors (Lipinski definition) is 2. The Balaban J connectivity index is 1.92. The van der Waals surface area contributed by atoms with Crippen molar-refractivity contribution >= 4 is 0 Å². The van der Waals surface area contributed by atoms with Crippen LogP contribution in [-0.2, 0) is 12.8 Å². The average Bonchev–Trinajstić information content (AvgIpc) is 2.97. The summed E-state index contributed by atoms with van der Waals surface area (Å²) in [5.41, 5.74) is 5.41. The summed E-state index contributed by atoms with van der Waals surface area (Å²) in [5.74, 6) is 1.11. The van der Waals surface area contributed by atoms with Crippen LogP contribution < -0.4 is 10.1 Å². The van der Waals surface area contributed by atoms with Gasteiger partial charge in [-0.05, 0) is 36.6 Å². The Labute approximate surface area is 127 Å². The first-order valence-electron chi connectivity index (χ1n) is 7.82. The molecule has 2 aromatic carbocycles. The van der Waals surface area contributed by atoms with E-state index in [9.17, 15) is 0 Å². The highest BCUT2D eigenvalue weighted by Crippen LogP contribution is 2.35. The molecule has 0 amide bonds. The van der Waals surface area contributed by atoms with E-state index in [1.54, 1.807) is 0 Å². The molecule has 1 N–H and O–H groups in total. The summed E-state index contributed by atoms with van der Waals surface area (Å²) in [5, 5.41) is 3.62. The minimum Gasteiger partial charge on any atom is -0.493 e. The summed E-state index contributed by atoms with van der Waals surface area (Å²) >= 11 is 0. The van der Waals surface area contributed by atoms with E-state index in [2.05, 4.69) is 61.6 Å². The Morgan fingerprint density at radius 3 is 2.81 bits per heavy atom. The molecule has 0 saturated heterocycles. The van der Waals surface area contributed by atoms with Crippen LogP contribution in [0.15, 0.2) is 42.5 Å². The number of benzene rings is 2. The number of fused-ring (bicyclic) bond motifs is 1. The molecule has 21 heavy (non-hydrogen) atoms. The molecule has 0 radical (unpaired) electrons. The molecule has 0 fully saturated rings. The van der Waals surface area contributed by atoms with E-state index < -0.39 is 0 Å². The Morgan fingerprint density at radius 2 is 2.00 bits per heavy atom. The van der Waals surface area contributed by atoms with Crippen molar-refractivity contribution < 1.29 is 4.74 Å². The molecule has 1 aliphatic heterocycles. The lowest BCUT2D eigenvalue weighted by molar-refractivity contribution is 0.348. The zero-order chi connectivity index (χ0) is 14.7. The van der Waals surface area contributed by atoms with Crippen molar-refractivity contribution in [1.29, 1.82) is 0 Å². The maximum absolute atomic E-state index is 5.88. The van der Waals surface area contributed by atoms with Gasteiger partial charge in [-0.1, -0.05) is 49.4 Å². The van der Waals surface area contributed by atoms with Crippen LogP contribution in [0.5, 0.6) is 5.75 Å². The highest BCUT2D eigenvalue weighted by molar-refractivity contribution is 5.46. The van der Waals surface area contributed by atoms with Gasteiger partial charge in [0.15, 0.2) is 0 Å². The second-order valence-corrected chi connectivity index (χ2v) is 5.67. The van der Waals surface area contributed by atoms with Crippen LogP contribution in [0.3, 0.4) is 0 Å². The van der Waals surface area contributed by atoms with Gasteiger partial charge in [-0.25, -0.2) is 0 Å². The standard InChI is InChI=1S/C19H23NO/c1-3-20-18(13-16-8-5-4-7-14(16)2)17-10-6-9-15-11-12-21-19(15)17/h4-10,18,20H,3,11-13H2,1-2H3. The summed E-state index contributed by atoms with van der Waals surface area (Å²) < 4.78 is 5.88. The van der Waals surface area contributed by atoms with Crippen molar-refractivity contribution in [3.63, 3.8) is 0 Å². The molecule has 0 aliphatic carbocycles. The van der Waals surface area contributed by atoms with Crippen LogP contribution in [0.2, 0.25) is 0 Å². The van der Waals surface area contributed by atoms with Crippen molar-refractivity contribution in [3.8, 4) is 5.75 Å². The van der Waals surface area contributed by atoms with Gasteiger partial charge in [-0.2, -0.15) is 0 Å². The van der Waals surface area contributed by atoms with Gasteiger partial charge < -0.3 is 10.1 Å². The summed E-state index contributed by atoms with van der Waals surface area (Å²) in [7, 11) is 0. The lowest BCUT2D eigenvalue weighted by Crippen LogP contribution is -2.23. The van der Waals surface area contributed by atoms with Gasteiger partial charge in [0.25, 0.3) is 0 Å². The molecule has 1 heterocycles. The normalized spacial score (nSPS) is 14.6. The molecule has 1 atom stereocenters. The van der Waals surface area contributed by atoms with E-state index in [1.165, 1.54) is 22.3 Å². The van der Waals surface area contributed by atoms with Gasteiger partial charge in [0.1, 0.15) is 5.75 Å². The van der Waals surface area contributed by atoms with E-state index >= 15 is 0 Å². The molecule has 0 bridgehead atoms. The first-order valence-corrected chi connectivity index (χ1v) is 7.82. The molecule has 2 nitrogen and oxygen atoms in total. The molecule has 0 saturated carbocycles. The van der Waals surface area contributed by atoms with E-state index in [-0.39, 0.29) is 0 Å². The van der Waals surface area contributed by atoms with Crippen LogP contribution in [0, 0.1) is 6.92 Å². The molecular weight excluding hydrogens is 258 g/mol. The van der Waals surface area contributed by atoms with E-state index in [4.69, 9.17) is 4.74 Å². The van der Waals surface area contributed by atoms with E-state index in [0.29, 0.717) is 6.04 Å². The Hall–Kier alpha value is -1.80. The minimum absolute atomic E-state index is 0.309. The van der Waals surface area contributed by atoms with Crippen molar-refractivity contribution in [3.05, 3.63) is 64.7 Å². The predicted octanol–water partition coefficient (Wildman–Crippen LogP) is 3.82. The predicted molar refractivity (Wildman–Crippen MR) is 86.9 cm³/mol. The van der Waals surface area contributed by atoms with Crippen molar-refractivity contribution in [2.45, 2.75) is 32.7 Å². The van der Waals surface area contributed by atoms with Gasteiger partial charge in [0.05, 0.1) is 6.61 Å². The quantitative estimate of drug-likeness (QED) is 0.899. The number of nitrogens with one attached hydrogen (secondary N) is 1. The Bertz CT molecular complexity index is 621. The zero-order valence-corrected chi connectivity index (χ0v) is 12.9. The van der Waals surface area contributed by atoms with Crippen LogP contribution in [0.1, 0.15) is 35.2 Å². The van der Waals surface area contributed by atoms with Crippen molar-refractivity contribution in [2.75, 3.05) is 13.2 Å². The van der Waals surface area contributed by atoms with Gasteiger partial charge in [-0.15, -0.1) is 0 Å². The fourth-order valence-corrected chi connectivity index (χ4v) is 3.11. The highest BCUT2D eigenvalue weighted by atomic mass is 16.5. The lowest BCUT2D eigenvalue weighted by atomic mass is 9.94. The average molecular weight is 281 g/mol. The number of rotatable bonds is 5. The van der Waals surface area contributed by atoms with Crippen molar-refractivity contribution in [1.82, 2.24) is 5.32 Å². The molecular formula is C19H23NO. The first kappa shape index (κ1) is 14.2. The highest BCUT2D eigenvalue weighted by Gasteiger charge is 2.22. The topological polar surface area (TPSA) is 21.3 Å². The van der Waals surface area contributed by atoms with Crippen LogP contribution in [-0.4, -0.2) is 13.2 Å². The SMILES string of the molecule is CCNC(Cc1ccccc1C)c1cccc2c1OCC2. The maximum atomic E-state index is 5.88. The van der Waals surface area contributed by atoms with E-state index in [0.717, 1.165) is 31.7 Å². The fraction of sp³-hybridized carbons (Fsp3) is 0.368. The third-order valence-electron chi connectivity index (χ3n) is 4.26. The third kappa shape index (κ3) is 2.96. The minimum atomic E-state index is 0.309. The number of likely N-dealkylation sites (N-methyl/N-ethyl adjacent to an activating group) is 1. The van der Waals surface area contributed by atoms with Gasteiger partial charge in [-0.3, -0.25) is 0 Å². The number of para-hydroxylation sites is 1. The molecule has 2 aromatic rings. The molecule has 2 heteroatoms. The van der Waals surface area contributed by atoms with Gasteiger partial charge in [0.2, 0.25) is 0 Å². The number of aryl methyl sites for hydroxylation is 1. The second-order valence-electron chi connectivity index (χ2n) is 5.67. The summed E-state index contributed by atoms with van der Waals surface area (Å²) in [4.78, 5) is 0. The fourth-order valence-electron chi connectivity index (χ4n) is 3.11. The van der Waals surface area contributed by atoms with Crippen LogP contribution in [0.4, 0.5) is 0 Å². The van der Waals surface area contributed by atoms with Gasteiger partial charge >= 0.3 is 0 Å². The lowest BCUT2D eigenvalue weighted by Gasteiger charge is -2.21. The molecule has 0 aromatic heterocycles. The summed E-state index contributed by atoms with van der Waals surface area (Å²) in [6.45, 7) is 6.12. The summed E-state index contributed by atoms with van der Waals surface area (Å²) in [6.07, 6.45) is 2.03. The third-order valence-corrected chi connectivity index (χ3v) is 4.26. The van der Waals surface area contributed by atoms with E-state index in [1.807, 2.05) is 0 Å². The Kier molecular flexibility index (Phi) is 4.26. The summed E-state index contributed by atoms with van der Waals surface area (Å²) in [6, 6.07) is 15.5. The largest absolute Gasteiger partial charge is 0.493 e. The monoisotopic (exact) mass is 281 g/mol. The Morgan fingerprint density at radius 1 is 1.14 bits per heavy atom. The second kappa shape index (κ2) is 6.31. The maximum Gasteiger partial charge on any atom is 0.127 e. The van der Waals surface area contributed by atoms with Crippen LogP contribution >= 0.6 is 0 Å². The molecule has 3 rings (SSSR count). The van der Waals surface area contributed by atoms with Gasteiger partial charge in [0, 0.05) is 18.0 Å². The first-order chi connectivity index (χ1) is 10.3. The molecule has 1 aliphatic rings. The molecule has 0 spiro atoms. The molecule has 1 unspecified atom stereocenters. The smallest absolute Gasteiger partial charge is 0.127 e. The van der Waals surface area contributed by atoms with Crippen molar-refractivity contribution in [2.24, 2.45) is 0 Å². The molecule has 110 valence electrons. The number of ether oxygens (including phenoxy) is 1. The zero-order valence-electron chi connectivity index (χ0n) is 12.9.